The molecule has 2 aromatic rings. The van der Waals surface area contributed by atoms with Gasteiger partial charge in [0.1, 0.15) is 5.82 Å². The molecule has 4 rings (SSSR count). The maximum atomic E-state index is 12.8. The lowest BCUT2D eigenvalue weighted by Gasteiger charge is -2.37. The first-order chi connectivity index (χ1) is 19.1. The van der Waals surface area contributed by atoms with E-state index in [0.717, 1.165) is 18.8 Å². The van der Waals surface area contributed by atoms with Crippen LogP contribution < -0.4 is 22.1 Å². The monoisotopic (exact) mass is 552 g/mol. The molecule has 2 aliphatic rings. The molecule has 4 N–H and O–H groups in total. The number of benzene rings is 1. The molecule has 1 saturated heterocycles. The first-order valence-corrected chi connectivity index (χ1v) is 14.3. The van der Waals surface area contributed by atoms with Crippen molar-refractivity contribution < 1.29 is 9.59 Å². The Morgan fingerprint density at radius 2 is 1.65 bits per heavy atom. The van der Waals surface area contributed by atoms with Crippen molar-refractivity contribution in [2.75, 3.05) is 45.1 Å². The van der Waals surface area contributed by atoms with E-state index >= 15 is 0 Å². The average molecular weight is 553 g/mol. The van der Waals surface area contributed by atoms with Crippen LogP contribution in [-0.4, -0.2) is 93.6 Å². The zero-order valence-electron chi connectivity index (χ0n) is 24.2. The van der Waals surface area contributed by atoms with Crippen LogP contribution >= 0.6 is 0 Å². The second-order valence-corrected chi connectivity index (χ2v) is 11.4. The molecule has 0 radical (unpaired) electrons. The molecular formula is C29H44N8O3. The van der Waals surface area contributed by atoms with Gasteiger partial charge in [0.2, 0.25) is 5.91 Å². The van der Waals surface area contributed by atoms with Crippen molar-refractivity contribution in [3.63, 3.8) is 0 Å². The fourth-order valence-electron chi connectivity index (χ4n) is 5.60. The Morgan fingerprint density at radius 3 is 2.20 bits per heavy atom. The third-order valence-electron chi connectivity index (χ3n) is 8.07. The Hall–Kier alpha value is -3.28. The minimum Gasteiger partial charge on any atom is -0.338 e. The molecule has 1 saturated carbocycles. The number of hydrogen-bond donors (Lipinski definition) is 3. The first kappa shape index (κ1) is 29.7. The van der Waals surface area contributed by atoms with Crippen molar-refractivity contribution in [1.29, 1.82) is 0 Å². The van der Waals surface area contributed by atoms with E-state index in [4.69, 9.17) is 5.73 Å². The lowest BCUT2D eigenvalue weighted by atomic mass is 9.90. The van der Waals surface area contributed by atoms with Gasteiger partial charge in [-0.3, -0.25) is 19.6 Å². The van der Waals surface area contributed by atoms with Crippen LogP contribution in [0, 0.1) is 0 Å². The second kappa shape index (κ2) is 12.9. The summed E-state index contributed by atoms with van der Waals surface area (Å²) in [5.74, 6) is 0.0525. The van der Waals surface area contributed by atoms with Crippen molar-refractivity contribution in [3.05, 3.63) is 52.6 Å². The summed E-state index contributed by atoms with van der Waals surface area (Å²) in [5.41, 5.74) is 6.43. The maximum absolute atomic E-state index is 12.8. The van der Waals surface area contributed by atoms with Crippen LogP contribution in [0.5, 0.6) is 0 Å². The summed E-state index contributed by atoms with van der Waals surface area (Å²) in [6.45, 7) is 9.03. The number of aromatic nitrogens is 2. The van der Waals surface area contributed by atoms with Crippen LogP contribution in [0.4, 0.5) is 10.6 Å². The summed E-state index contributed by atoms with van der Waals surface area (Å²) < 4.78 is 1.47. The maximum Gasteiger partial charge on any atom is 0.354 e. The van der Waals surface area contributed by atoms with E-state index in [0.29, 0.717) is 38.3 Å². The predicted octanol–water partition coefficient (Wildman–Crippen LogP) is 2.00. The number of anilines is 1. The highest BCUT2D eigenvalue weighted by atomic mass is 16.2. The molecule has 1 aromatic heterocycles. The largest absolute Gasteiger partial charge is 0.354 e. The lowest BCUT2D eigenvalue weighted by molar-refractivity contribution is -0.137. The average Bonchev–Trinajstić information content (AvgIpc) is 2.95. The highest BCUT2D eigenvalue weighted by Gasteiger charge is 2.31. The molecule has 0 atom stereocenters. The molecule has 2 heterocycles. The Labute approximate surface area is 236 Å². The molecule has 2 fully saturated rings. The third-order valence-corrected chi connectivity index (χ3v) is 8.07. The fraction of sp³-hybridized carbons (Fsp3) is 0.586. The molecule has 0 bridgehead atoms. The van der Waals surface area contributed by atoms with E-state index in [1.165, 1.54) is 35.8 Å². The Kier molecular flexibility index (Phi) is 9.60. The standard InChI is InChI=1S/C29H44N8O3/c1-5-34(23-12-8-22(31-4)9-13-23)20-21-6-10-24(11-7-21)37-15-14-25(33-28(37)40)32-27(39)36-18-16-35(17-19-36)26(38)29(2,3)30/h6-7,10-11,14-15,22-23,31H,5,8-9,12-13,16-20,30H2,1-4H3,(H,32,33,39,40). The van der Waals surface area contributed by atoms with Gasteiger partial charge in [0.05, 0.1) is 11.2 Å². The van der Waals surface area contributed by atoms with Crippen molar-refractivity contribution in [3.8, 4) is 5.69 Å². The lowest BCUT2D eigenvalue weighted by Crippen LogP contribution is -2.58. The first-order valence-electron chi connectivity index (χ1n) is 14.3. The molecular weight excluding hydrogens is 508 g/mol. The molecule has 218 valence electrons. The molecule has 0 spiro atoms. The summed E-state index contributed by atoms with van der Waals surface area (Å²) in [5, 5.41) is 6.11. The van der Waals surface area contributed by atoms with Crippen LogP contribution in [0.3, 0.4) is 0 Å². The Bertz CT molecular complexity index is 1210. The molecule has 11 nitrogen and oxygen atoms in total. The zero-order valence-corrected chi connectivity index (χ0v) is 24.2. The van der Waals surface area contributed by atoms with Crippen LogP contribution in [-0.2, 0) is 11.3 Å². The van der Waals surface area contributed by atoms with Gasteiger partial charge in [0.15, 0.2) is 0 Å². The van der Waals surface area contributed by atoms with Crippen LogP contribution in [0.15, 0.2) is 41.3 Å². The minimum atomic E-state index is -0.944. The quantitative estimate of drug-likeness (QED) is 0.457. The van der Waals surface area contributed by atoms with Gasteiger partial charge in [0.25, 0.3) is 0 Å². The van der Waals surface area contributed by atoms with E-state index < -0.39 is 11.2 Å². The third kappa shape index (κ3) is 7.26. The highest BCUT2D eigenvalue weighted by molar-refractivity contribution is 5.89. The van der Waals surface area contributed by atoms with Crippen LogP contribution in [0.1, 0.15) is 52.0 Å². The van der Waals surface area contributed by atoms with Crippen molar-refractivity contribution in [2.24, 2.45) is 5.73 Å². The van der Waals surface area contributed by atoms with Crippen molar-refractivity contribution in [2.45, 2.75) is 70.6 Å². The van der Waals surface area contributed by atoms with Crippen LogP contribution in [0.25, 0.3) is 5.69 Å². The van der Waals surface area contributed by atoms with E-state index in [-0.39, 0.29) is 17.8 Å². The number of carbonyl (C=O) groups excluding carboxylic acids is 2. The SMILES string of the molecule is CCN(Cc1ccc(-n2ccc(NC(=O)N3CCN(C(=O)C(C)(C)N)CC3)nc2=O)cc1)C1CCC(NC)CC1. The molecule has 1 aliphatic carbocycles. The summed E-state index contributed by atoms with van der Waals surface area (Å²) >= 11 is 0. The van der Waals surface area contributed by atoms with Gasteiger partial charge in [-0.2, -0.15) is 4.98 Å². The van der Waals surface area contributed by atoms with E-state index in [1.54, 1.807) is 35.9 Å². The van der Waals surface area contributed by atoms with Gasteiger partial charge in [-0.25, -0.2) is 9.59 Å². The number of nitrogens with zero attached hydrogens (tertiary/aromatic N) is 5. The van der Waals surface area contributed by atoms with Crippen molar-refractivity contribution in [1.82, 2.24) is 29.6 Å². The summed E-state index contributed by atoms with van der Waals surface area (Å²) in [7, 11) is 2.05. The summed E-state index contributed by atoms with van der Waals surface area (Å²) in [4.78, 5) is 47.8. The smallest absolute Gasteiger partial charge is 0.338 e. The number of rotatable bonds is 8. The Balaban J connectivity index is 1.32. The number of urea groups is 1. The predicted molar refractivity (Wildman–Crippen MR) is 156 cm³/mol. The van der Waals surface area contributed by atoms with Crippen molar-refractivity contribution >= 4 is 17.8 Å². The van der Waals surface area contributed by atoms with Crippen LogP contribution in [0.2, 0.25) is 0 Å². The minimum absolute atomic E-state index is 0.138. The molecule has 1 aliphatic heterocycles. The van der Waals surface area contributed by atoms with Gasteiger partial charge in [0, 0.05) is 51.0 Å². The highest BCUT2D eigenvalue weighted by Crippen LogP contribution is 2.24. The van der Waals surface area contributed by atoms with E-state index in [2.05, 4.69) is 39.6 Å². The molecule has 3 amide bonds. The van der Waals surface area contributed by atoms with E-state index in [1.807, 2.05) is 19.2 Å². The second-order valence-electron chi connectivity index (χ2n) is 11.4. The van der Waals surface area contributed by atoms with Gasteiger partial charge >= 0.3 is 11.7 Å². The molecule has 1 aromatic carbocycles. The number of nitrogens with two attached hydrogens (primary N) is 1. The molecule has 11 heteroatoms. The fourth-order valence-corrected chi connectivity index (χ4v) is 5.60. The van der Waals surface area contributed by atoms with Gasteiger partial charge in [-0.15, -0.1) is 0 Å². The number of nitrogens with one attached hydrogen (secondary N) is 2. The normalized spacial score (nSPS) is 20.1. The van der Waals surface area contributed by atoms with E-state index in [9.17, 15) is 14.4 Å². The molecule has 40 heavy (non-hydrogen) atoms. The topological polar surface area (TPSA) is 129 Å². The van der Waals surface area contributed by atoms with Gasteiger partial charge < -0.3 is 20.9 Å². The summed E-state index contributed by atoms with van der Waals surface area (Å²) in [6, 6.07) is 10.5. The van der Waals surface area contributed by atoms with Gasteiger partial charge in [-0.1, -0.05) is 19.1 Å². The summed E-state index contributed by atoms with van der Waals surface area (Å²) in [6.07, 6.45) is 6.48. The number of carbonyl (C=O) groups is 2. The molecule has 0 unspecified atom stereocenters. The number of piperazine rings is 1. The number of hydrogen-bond acceptors (Lipinski definition) is 7. The zero-order chi connectivity index (χ0) is 28.9. The number of amides is 3. The van der Waals surface area contributed by atoms with Gasteiger partial charge in [-0.05, 0) is 76.9 Å². The Morgan fingerprint density at radius 1 is 1.02 bits per heavy atom.